The number of carbonyl (C=O) groups excluding carboxylic acids is 2. The van der Waals surface area contributed by atoms with Gasteiger partial charge in [-0.15, -0.1) is 0 Å². The highest BCUT2D eigenvalue weighted by Gasteiger charge is 2.23. The summed E-state index contributed by atoms with van der Waals surface area (Å²) in [7, 11) is 0. The van der Waals surface area contributed by atoms with Gasteiger partial charge in [0.1, 0.15) is 30.0 Å². The van der Waals surface area contributed by atoms with Crippen molar-refractivity contribution in [3.05, 3.63) is 71.6 Å². The van der Waals surface area contributed by atoms with Crippen LogP contribution in [0.15, 0.2) is 65.1 Å². The topological polar surface area (TPSA) is 86.8 Å². The van der Waals surface area contributed by atoms with Crippen LogP contribution >= 0.6 is 0 Å². The minimum atomic E-state index is -0.585. The number of hydrogen-bond acceptors (Lipinski definition) is 5. The molecule has 0 bridgehead atoms. The smallest absolute Gasteiger partial charge is 0.407 e. The number of nitrogens with one attached hydrogen (secondary N) is 2. The molecule has 43 heavy (non-hydrogen) atoms. The minimum Gasteiger partial charge on any atom is -0.456 e. The lowest BCUT2D eigenvalue weighted by molar-refractivity contribution is 0.0526. The lowest BCUT2D eigenvalue weighted by Gasteiger charge is -2.22. The van der Waals surface area contributed by atoms with Gasteiger partial charge < -0.3 is 24.7 Å². The van der Waals surface area contributed by atoms with Crippen molar-refractivity contribution in [2.24, 2.45) is 0 Å². The van der Waals surface area contributed by atoms with E-state index in [0.717, 1.165) is 70.6 Å². The van der Waals surface area contributed by atoms with Crippen LogP contribution in [0.4, 0.5) is 10.5 Å². The highest BCUT2D eigenvalue weighted by molar-refractivity contribution is 6.09. The fourth-order valence-electron chi connectivity index (χ4n) is 5.38. The maximum absolute atomic E-state index is 13.5. The molecule has 2 amide bonds. The molecule has 0 unspecified atom stereocenters. The Hall–Kier alpha value is -4.33. The maximum Gasteiger partial charge on any atom is 0.407 e. The summed E-state index contributed by atoms with van der Waals surface area (Å²) in [5.74, 6) is 0.545. The molecule has 2 N–H and O–H groups in total. The molecule has 2 aromatic rings. The first-order valence-electron chi connectivity index (χ1n) is 15.3. The first-order chi connectivity index (χ1) is 20.6. The summed E-state index contributed by atoms with van der Waals surface area (Å²) in [5.41, 5.74) is 4.52. The Kier molecular flexibility index (Phi) is 10.1. The predicted octanol–water partition coefficient (Wildman–Crippen LogP) is 6.12. The van der Waals surface area contributed by atoms with Crippen LogP contribution in [0, 0.1) is 0 Å². The number of hydrogen-bond donors (Lipinski definition) is 2. The van der Waals surface area contributed by atoms with Gasteiger partial charge in [-0.3, -0.25) is 4.79 Å². The zero-order valence-electron chi connectivity index (χ0n) is 26.5. The van der Waals surface area contributed by atoms with Crippen LogP contribution in [-0.2, 0) is 4.74 Å². The van der Waals surface area contributed by atoms with Crippen molar-refractivity contribution < 1.29 is 18.7 Å². The molecule has 8 nitrogen and oxygen atoms in total. The van der Waals surface area contributed by atoms with E-state index in [0.29, 0.717) is 5.56 Å². The van der Waals surface area contributed by atoms with Gasteiger partial charge in [-0.1, -0.05) is 18.2 Å². The molecule has 0 radical (unpaired) electrons. The summed E-state index contributed by atoms with van der Waals surface area (Å²) < 4.78 is 14.2. The van der Waals surface area contributed by atoms with Gasteiger partial charge in [0.25, 0.3) is 5.91 Å². The first-order valence-corrected chi connectivity index (χ1v) is 15.3. The Morgan fingerprint density at radius 2 is 1.56 bits per heavy atom. The normalized spacial score (nSPS) is 11.4. The maximum atomic E-state index is 13.5. The lowest BCUT2D eigenvalue weighted by atomic mass is 9.90. The molecule has 1 aliphatic carbocycles. The van der Waals surface area contributed by atoms with Crippen molar-refractivity contribution in [3.8, 4) is 22.5 Å². The summed E-state index contributed by atoms with van der Waals surface area (Å²) >= 11 is 0. The molecule has 8 heteroatoms. The molecule has 1 aliphatic heterocycles. The molecule has 2 aromatic carbocycles. The van der Waals surface area contributed by atoms with Gasteiger partial charge in [-0.2, -0.15) is 0 Å². The van der Waals surface area contributed by atoms with Crippen LogP contribution in [0.1, 0.15) is 58.8 Å². The Bertz CT molecular complexity index is 1620. The third-order valence-electron chi connectivity index (χ3n) is 7.47. The molecule has 0 saturated carbocycles. The van der Waals surface area contributed by atoms with Crippen molar-refractivity contribution in [1.29, 1.82) is 0 Å². The Morgan fingerprint density at radius 3 is 2.23 bits per heavy atom. The number of amides is 2. The SMILES string of the molecule is CCN(CC)c1ccc2c(-c3ccccc3C(=O)NCCNC(=O)OC(C)(C)C)c3ccc(=[N+](CC)CC)cc-3oc2c1. The van der Waals surface area contributed by atoms with Gasteiger partial charge in [0, 0.05) is 66.1 Å². The summed E-state index contributed by atoms with van der Waals surface area (Å²) in [6, 6.07) is 20.3. The molecule has 0 saturated heterocycles. The van der Waals surface area contributed by atoms with Gasteiger partial charge in [-0.25, -0.2) is 9.37 Å². The molecule has 0 atom stereocenters. The number of anilines is 1. The van der Waals surface area contributed by atoms with Gasteiger partial charge in [-0.05, 0) is 78.3 Å². The Labute approximate surface area is 254 Å². The zero-order valence-corrected chi connectivity index (χ0v) is 26.5. The summed E-state index contributed by atoms with van der Waals surface area (Å²) in [6.45, 7) is 18.1. The zero-order chi connectivity index (χ0) is 31.1. The predicted molar refractivity (Wildman–Crippen MR) is 175 cm³/mol. The van der Waals surface area contributed by atoms with E-state index in [1.165, 1.54) is 0 Å². The summed E-state index contributed by atoms with van der Waals surface area (Å²) in [5, 5.41) is 7.68. The molecule has 0 fully saturated rings. The quantitative estimate of drug-likeness (QED) is 0.133. The van der Waals surface area contributed by atoms with Crippen LogP contribution in [0.25, 0.3) is 33.4 Å². The number of rotatable bonds is 10. The fraction of sp³-hybridized carbons (Fsp3) is 0.400. The second-order valence-corrected chi connectivity index (χ2v) is 11.4. The number of fused-ring (bicyclic) bond motifs is 2. The molecule has 2 aliphatic rings. The van der Waals surface area contributed by atoms with Crippen LogP contribution in [0.5, 0.6) is 0 Å². The average Bonchev–Trinajstić information content (AvgIpc) is 2.98. The second-order valence-electron chi connectivity index (χ2n) is 11.4. The number of alkyl carbamates (subject to hydrolysis) is 1. The highest BCUT2D eigenvalue weighted by atomic mass is 16.6. The van der Waals surface area contributed by atoms with E-state index in [4.69, 9.17) is 9.15 Å². The fourth-order valence-corrected chi connectivity index (χ4v) is 5.38. The number of nitrogens with zero attached hydrogens (tertiary/aromatic N) is 2. The minimum absolute atomic E-state index is 0.219. The van der Waals surface area contributed by atoms with E-state index in [-0.39, 0.29) is 19.0 Å². The molecule has 0 aromatic heterocycles. The van der Waals surface area contributed by atoms with E-state index in [1.54, 1.807) is 0 Å². The van der Waals surface area contributed by atoms with Gasteiger partial charge in [0.15, 0.2) is 0 Å². The van der Waals surface area contributed by atoms with Crippen molar-refractivity contribution in [2.75, 3.05) is 44.2 Å². The summed E-state index contributed by atoms with van der Waals surface area (Å²) in [6.07, 6.45) is -0.513. The Balaban J connectivity index is 1.80. The van der Waals surface area contributed by atoms with E-state index >= 15 is 0 Å². The molecule has 228 valence electrons. The van der Waals surface area contributed by atoms with E-state index in [2.05, 4.69) is 84.2 Å². The van der Waals surface area contributed by atoms with Crippen LogP contribution in [-0.4, -0.2) is 56.9 Å². The van der Waals surface area contributed by atoms with E-state index in [9.17, 15) is 9.59 Å². The van der Waals surface area contributed by atoms with Crippen LogP contribution in [0.3, 0.4) is 0 Å². The van der Waals surface area contributed by atoms with E-state index < -0.39 is 11.7 Å². The largest absolute Gasteiger partial charge is 0.456 e. The van der Waals surface area contributed by atoms with Crippen molar-refractivity contribution in [3.63, 3.8) is 0 Å². The van der Waals surface area contributed by atoms with Crippen LogP contribution in [0.2, 0.25) is 0 Å². The third-order valence-corrected chi connectivity index (χ3v) is 7.47. The van der Waals surface area contributed by atoms with Gasteiger partial charge >= 0.3 is 6.09 Å². The number of ether oxygens (including phenoxy) is 1. The van der Waals surface area contributed by atoms with Crippen LogP contribution < -0.4 is 25.5 Å². The molecule has 0 spiro atoms. The molecule has 4 rings (SSSR count). The van der Waals surface area contributed by atoms with E-state index in [1.807, 2.05) is 45.0 Å². The average molecular weight is 586 g/mol. The molecular formula is C35H45N4O4+. The Morgan fingerprint density at radius 1 is 0.860 bits per heavy atom. The van der Waals surface area contributed by atoms with Gasteiger partial charge in [0.05, 0.1) is 6.07 Å². The number of benzene rings is 3. The standard InChI is InChI=1S/C35H44N4O4/c1-8-38(9-2)24-16-18-28-30(22-24)42-31-23-25(39(10-3)11-4)17-19-29(31)32(28)26-14-12-13-15-27(26)33(40)36-20-21-37-34(41)43-35(5,6)7/h12-19,22-23H,8-11,20-21H2,1-7H3,(H-,36,37,40,41)/p+1. The molecule has 1 heterocycles. The van der Waals surface area contributed by atoms with Crippen molar-refractivity contribution in [2.45, 2.75) is 54.1 Å². The van der Waals surface area contributed by atoms with Crippen molar-refractivity contribution >= 4 is 28.7 Å². The second kappa shape index (κ2) is 13.8. The third kappa shape index (κ3) is 7.37. The monoisotopic (exact) mass is 585 g/mol. The summed E-state index contributed by atoms with van der Waals surface area (Å²) in [4.78, 5) is 27.8. The molecular weight excluding hydrogens is 540 g/mol. The van der Waals surface area contributed by atoms with Crippen molar-refractivity contribution in [1.82, 2.24) is 15.2 Å². The number of carbonyl (C=O) groups is 2. The van der Waals surface area contributed by atoms with Gasteiger partial charge in [0.2, 0.25) is 5.36 Å². The first kappa shape index (κ1) is 31.6. The highest BCUT2D eigenvalue weighted by Crippen LogP contribution is 2.42. The lowest BCUT2D eigenvalue weighted by Crippen LogP contribution is -2.38.